The Kier molecular flexibility index (Phi) is 5.12. The molecule has 1 heterocycles. The van der Waals surface area contributed by atoms with Crippen LogP contribution in [0.1, 0.15) is 54.4 Å². The number of amides is 1. The molecular formula is C15H29N3O3. The fraction of sp³-hybridized carbons (Fsp3) is 0.867. The van der Waals surface area contributed by atoms with E-state index in [0.717, 1.165) is 12.8 Å². The van der Waals surface area contributed by atoms with E-state index in [2.05, 4.69) is 25.9 Å². The first-order chi connectivity index (χ1) is 9.47. The van der Waals surface area contributed by atoms with Gasteiger partial charge in [-0.25, -0.2) is 4.79 Å². The lowest BCUT2D eigenvalue weighted by molar-refractivity contribution is -0.0153. The monoisotopic (exact) mass is 299 g/mol. The van der Waals surface area contributed by atoms with Gasteiger partial charge >= 0.3 is 6.09 Å². The second kappa shape index (κ2) is 6.12. The molecule has 6 nitrogen and oxygen atoms in total. The third-order valence-corrected chi connectivity index (χ3v) is 3.64. The van der Waals surface area contributed by atoms with Crippen LogP contribution in [0.2, 0.25) is 0 Å². The largest absolute Gasteiger partial charge is 0.444 e. The number of carbonyl (C=O) groups is 1. The SMILES string of the molecule is CC(C)(C)OC(=O)N1CCCC(/C(N)=N/O)C1C(C)(C)C. The first-order valence-electron chi connectivity index (χ1n) is 7.44. The fourth-order valence-electron chi connectivity index (χ4n) is 2.98. The van der Waals surface area contributed by atoms with E-state index in [1.165, 1.54) is 0 Å². The van der Waals surface area contributed by atoms with Gasteiger partial charge in [0.1, 0.15) is 11.4 Å². The van der Waals surface area contributed by atoms with E-state index in [9.17, 15) is 4.79 Å². The molecule has 0 aliphatic carbocycles. The number of nitrogens with zero attached hydrogens (tertiary/aromatic N) is 2. The standard InChI is InChI=1S/C15H29N3O3/c1-14(2,3)11-10(12(16)17-20)8-7-9-18(11)13(19)21-15(4,5)6/h10-11,20H,7-9H2,1-6H3,(H2,16,17). The molecule has 1 aliphatic rings. The summed E-state index contributed by atoms with van der Waals surface area (Å²) in [6.07, 6.45) is 1.28. The molecule has 1 amide bonds. The van der Waals surface area contributed by atoms with Crippen LogP contribution in [-0.2, 0) is 4.74 Å². The second-order valence-electron chi connectivity index (χ2n) is 7.76. The number of carbonyl (C=O) groups excluding carboxylic acids is 1. The summed E-state index contributed by atoms with van der Waals surface area (Å²) in [4.78, 5) is 14.2. The molecule has 0 spiro atoms. The van der Waals surface area contributed by atoms with Gasteiger partial charge in [-0.3, -0.25) is 0 Å². The summed E-state index contributed by atoms with van der Waals surface area (Å²) in [6, 6.07) is -0.156. The molecule has 2 atom stereocenters. The van der Waals surface area contributed by atoms with Gasteiger partial charge in [0.15, 0.2) is 0 Å². The first-order valence-corrected chi connectivity index (χ1v) is 7.44. The van der Waals surface area contributed by atoms with Crippen molar-refractivity contribution in [3.05, 3.63) is 0 Å². The van der Waals surface area contributed by atoms with Crippen LogP contribution in [0, 0.1) is 11.3 Å². The summed E-state index contributed by atoms with van der Waals surface area (Å²) < 4.78 is 5.51. The van der Waals surface area contributed by atoms with Gasteiger partial charge < -0.3 is 20.6 Å². The van der Waals surface area contributed by atoms with Crippen LogP contribution in [0.5, 0.6) is 0 Å². The highest BCUT2D eigenvalue weighted by atomic mass is 16.6. The van der Waals surface area contributed by atoms with Crippen LogP contribution in [0.15, 0.2) is 5.16 Å². The lowest BCUT2D eigenvalue weighted by Gasteiger charge is -2.47. The Balaban J connectivity index is 3.08. The van der Waals surface area contributed by atoms with Crippen molar-refractivity contribution in [3.63, 3.8) is 0 Å². The predicted octanol–water partition coefficient (Wildman–Crippen LogP) is 2.79. The Bertz CT molecular complexity index is 407. The van der Waals surface area contributed by atoms with Gasteiger partial charge in [-0.2, -0.15) is 0 Å². The molecule has 21 heavy (non-hydrogen) atoms. The van der Waals surface area contributed by atoms with Crippen LogP contribution >= 0.6 is 0 Å². The number of likely N-dealkylation sites (tertiary alicyclic amines) is 1. The summed E-state index contributed by atoms with van der Waals surface area (Å²) in [7, 11) is 0. The van der Waals surface area contributed by atoms with Crippen LogP contribution < -0.4 is 5.73 Å². The summed E-state index contributed by atoms with van der Waals surface area (Å²) in [5.74, 6) is 0.0273. The summed E-state index contributed by atoms with van der Waals surface area (Å²) in [6.45, 7) is 12.3. The Hall–Kier alpha value is -1.46. The number of oxime groups is 1. The Morgan fingerprint density at radius 1 is 1.29 bits per heavy atom. The van der Waals surface area contributed by atoms with Gasteiger partial charge in [-0.05, 0) is 39.0 Å². The van der Waals surface area contributed by atoms with Gasteiger partial charge in [0.2, 0.25) is 0 Å². The molecule has 0 aromatic rings. The highest BCUT2D eigenvalue weighted by Crippen LogP contribution is 2.37. The number of amidine groups is 1. The number of hydrogen-bond donors (Lipinski definition) is 2. The molecule has 0 aromatic heterocycles. The van der Waals surface area contributed by atoms with E-state index in [0.29, 0.717) is 6.54 Å². The van der Waals surface area contributed by atoms with Crippen molar-refractivity contribution in [2.75, 3.05) is 6.54 Å². The molecule has 3 N–H and O–H groups in total. The van der Waals surface area contributed by atoms with Crippen molar-refractivity contribution >= 4 is 11.9 Å². The van der Waals surface area contributed by atoms with Crippen LogP contribution in [0.3, 0.4) is 0 Å². The zero-order valence-corrected chi connectivity index (χ0v) is 14.0. The molecule has 122 valence electrons. The molecule has 1 rings (SSSR count). The van der Waals surface area contributed by atoms with E-state index in [4.69, 9.17) is 15.7 Å². The van der Waals surface area contributed by atoms with Gasteiger partial charge in [-0.15, -0.1) is 0 Å². The number of hydrogen-bond acceptors (Lipinski definition) is 4. The third-order valence-electron chi connectivity index (χ3n) is 3.64. The summed E-state index contributed by atoms with van der Waals surface area (Å²) >= 11 is 0. The summed E-state index contributed by atoms with van der Waals surface area (Å²) in [5, 5.41) is 12.2. The molecular weight excluding hydrogens is 270 g/mol. The average molecular weight is 299 g/mol. The van der Waals surface area contributed by atoms with Crippen molar-refractivity contribution in [1.82, 2.24) is 4.90 Å². The van der Waals surface area contributed by atoms with E-state index < -0.39 is 5.60 Å². The minimum Gasteiger partial charge on any atom is -0.444 e. The van der Waals surface area contributed by atoms with Crippen molar-refractivity contribution < 1.29 is 14.7 Å². The molecule has 1 saturated heterocycles. The lowest BCUT2D eigenvalue weighted by atomic mass is 9.73. The molecule has 6 heteroatoms. The fourth-order valence-corrected chi connectivity index (χ4v) is 2.98. The van der Waals surface area contributed by atoms with Crippen molar-refractivity contribution in [2.24, 2.45) is 22.2 Å². The Labute approximate surface area is 127 Å². The van der Waals surface area contributed by atoms with Gasteiger partial charge in [0, 0.05) is 18.5 Å². The van der Waals surface area contributed by atoms with E-state index >= 15 is 0 Å². The maximum atomic E-state index is 12.5. The lowest BCUT2D eigenvalue weighted by Crippen LogP contribution is -2.58. The van der Waals surface area contributed by atoms with E-state index in [1.807, 2.05) is 20.8 Å². The maximum absolute atomic E-state index is 12.5. The highest BCUT2D eigenvalue weighted by molar-refractivity contribution is 5.84. The number of rotatable bonds is 1. The van der Waals surface area contributed by atoms with Gasteiger partial charge in [0.05, 0.1) is 0 Å². The van der Waals surface area contributed by atoms with Crippen LogP contribution in [0.4, 0.5) is 4.79 Å². The Morgan fingerprint density at radius 3 is 2.29 bits per heavy atom. The maximum Gasteiger partial charge on any atom is 0.410 e. The molecule has 0 saturated carbocycles. The molecule has 1 aliphatic heterocycles. The molecule has 0 radical (unpaired) electrons. The molecule has 1 fully saturated rings. The third kappa shape index (κ3) is 4.51. The highest BCUT2D eigenvalue weighted by Gasteiger charge is 2.44. The minimum absolute atomic E-state index is 0.156. The zero-order chi connectivity index (χ0) is 16.4. The van der Waals surface area contributed by atoms with Crippen molar-refractivity contribution in [1.29, 1.82) is 0 Å². The Morgan fingerprint density at radius 2 is 1.86 bits per heavy atom. The summed E-state index contributed by atoms with van der Waals surface area (Å²) in [5.41, 5.74) is 5.11. The number of nitrogens with two attached hydrogens (primary N) is 1. The second-order valence-corrected chi connectivity index (χ2v) is 7.76. The predicted molar refractivity (Wildman–Crippen MR) is 82.3 cm³/mol. The first kappa shape index (κ1) is 17.6. The van der Waals surface area contributed by atoms with Crippen molar-refractivity contribution in [3.8, 4) is 0 Å². The smallest absolute Gasteiger partial charge is 0.410 e. The molecule has 0 bridgehead atoms. The number of ether oxygens (including phenoxy) is 1. The normalized spacial score (nSPS) is 24.9. The molecule has 2 unspecified atom stereocenters. The van der Waals surface area contributed by atoms with E-state index in [1.54, 1.807) is 4.90 Å². The van der Waals surface area contributed by atoms with Crippen LogP contribution in [0.25, 0.3) is 0 Å². The number of piperidine rings is 1. The van der Waals surface area contributed by atoms with Gasteiger partial charge in [-0.1, -0.05) is 25.9 Å². The topological polar surface area (TPSA) is 88.2 Å². The van der Waals surface area contributed by atoms with Crippen molar-refractivity contribution in [2.45, 2.75) is 66.0 Å². The van der Waals surface area contributed by atoms with Crippen LogP contribution in [-0.4, -0.2) is 40.2 Å². The average Bonchev–Trinajstić information content (AvgIpc) is 2.33. The zero-order valence-electron chi connectivity index (χ0n) is 14.0. The molecule has 0 aromatic carbocycles. The quantitative estimate of drug-likeness (QED) is 0.337. The van der Waals surface area contributed by atoms with E-state index in [-0.39, 0.29) is 29.3 Å². The van der Waals surface area contributed by atoms with Gasteiger partial charge in [0.25, 0.3) is 0 Å². The minimum atomic E-state index is -0.539.